The normalized spacial score (nSPS) is 21.7. The molecule has 4 nitrogen and oxygen atoms in total. The molecule has 0 radical (unpaired) electrons. The lowest BCUT2D eigenvalue weighted by molar-refractivity contribution is -0.0704. The Morgan fingerprint density at radius 3 is 2.64 bits per heavy atom. The van der Waals surface area contributed by atoms with E-state index < -0.39 is 0 Å². The van der Waals surface area contributed by atoms with E-state index in [4.69, 9.17) is 9.15 Å². The molecule has 0 unspecified atom stereocenters. The molecule has 1 aliphatic rings. The Kier molecular flexibility index (Phi) is 4.63. The molecule has 130 valence electrons. The first-order chi connectivity index (χ1) is 12.1. The number of hydrogen-bond donors (Lipinski definition) is 0. The van der Waals surface area contributed by atoms with Gasteiger partial charge in [-0.3, -0.25) is 4.90 Å². The molecule has 1 saturated heterocycles. The summed E-state index contributed by atoms with van der Waals surface area (Å²) < 4.78 is 12.7. The fourth-order valence-corrected chi connectivity index (χ4v) is 3.95. The van der Waals surface area contributed by atoms with Crippen LogP contribution in [0.5, 0.6) is 0 Å². The van der Waals surface area contributed by atoms with Crippen LogP contribution in [0, 0.1) is 0 Å². The van der Waals surface area contributed by atoms with Gasteiger partial charge in [0.2, 0.25) is 5.89 Å². The van der Waals surface area contributed by atoms with Crippen molar-refractivity contribution in [2.75, 3.05) is 13.1 Å². The average molecular weight is 401 g/mol. The zero-order chi connectivity index (χ0) is 17.4. The molecule has 1 aromatic heterocycles. The molecule has 3 aromatic rings. The zero-order valence-electron chi connectivity index (χ0n) is 14.4. The Bertz CT molecular complexity index is 882. The van der Waals surface area contributed by atoms with Gasteiger partial charge in [0.05, 0.1) is 17.8 Å². The van der Waals surface area contributed by atoms with Gasteiger partial charge in [-0.15, -0.1) is 0 Å². The van der Waals surface area contributed by atoms with E-state index in [2.05, 4.69) is 51.8 Å². The average Bonchev–Trinajstić information content (AvgIpc) is 2.97. The van der Waals surface area contributed by atoms with E-state index in [1.165, 1.54) is 5.56 Å². The molecule has 4 rings (SSSR count). The van der Waals surface area contributed by atoms with Crippen molar-refractivity contribution in [2.45, 2.75) is 32.6 Å². The predicted octanol–water partition coefficient (Wildman–Crippen LogP) is 4.87. The maximum absolute atomic E-state index is 5.94. The Morgan fingerprint density at radius 1 is 1.12 bits per heavy atom. The minimum Gasteiger partial charge on any atom is -0.436 e. The van der Waals surface area contributed by atoms with Gasteiger partial charge in [-0.2, -0.15) is 0 Å². The molecule has 0 spiro atoms. The summed E-state index contributed by atoms with van der Waals surface area (Å²) in [6.07, 6.45) is 0.558. The summed E-state index contributed by atoms with van der Waals surface area (Å²) in [5.41, 5.74) is 3.94. The summed E-state index contributed by atoms with van der Waals surface area (Å²) in [5.74, 6) is 0.647. The van der Waals surface area contributed by atoms with Crippen molar-refractivity contribution in [2.24, 2.45) is 0 Å². The van der Waals surface area contributed by atoms with Crippen LogP contribution in [0.4, 0.5) is 0 Å². The Labute approximate surface area is 155 Å². The van der Waals surface area contributed by atoms with Crippen LogP contribution < -0.4 is 0 Å². The first-order valence-electron chi connectivity index (χ1n) is 8.60. The Balaban J connectivity index is 1.59. The largest absolute Gasteiger partial charge is 0.436 e. The lowest BCUT2D eigenvalue weighted by Crippen LogP contribution is -2.44. The Morgan fingerprint density at radius 2 is 1.88 bits per heavy atom. The molecular formula is C20H21BrN2O2. The molecule has 2 heterocycles. The minimum absolute atomic E-state index is 0.279. The lowest BCUT2D eigenvalue weighted by atomic mass is 10.1. The third kappa shape index (κ3) is 3.64. The third-order valence-corrected chi connectivity index (χ3v) is 5.15. The second-order valence-electron chi connectivity index (χ2n) is 6.75. The molecule has 0 aliphatic carbocycles. The summed E-state index contributed by atoms with van der Waals surface area (Å²) >= 11 is 3.56. The highest BCUT2D eigenvalue weighted by atomic mass is 79.9. The van der Waals surface area contributed by atoms with Crippen LogP contribution in [0.3, 0.4) is 0 Å². The fourth-order valence-electron chi connectivity index (χ4n) is 3.49. The van der Waals surface area contributed by atoms with E-state index in [-0.39, 0.29) is 12.2 Å². The summed E-state index contributed by atoms with van der Waals surface area (Å²) in [4.78, 5) is 7.13. The van der Waals surface area contributed by atoms with Crippen LogP contribution in [0.15, 0.2) is 51.4 Å². The van der Waals surface area contributed by atoms with Crippen molar-refractivity contribution in [1.29, 1.82) is 0 Å². The first kappa shape index (κ1) is 16.8. The van der Waals surface area contributed by atoms with Crippen molar-refractivity contribution in [3.63, 3.8) is 0 Å². The van der Waals surface area contributed by atoms with Crippen molar-refractivity contribution in [1.82, 2.24) is 9.88 Å². The summed E-state index contributed by atoms with van der Waals surface area (Å²) in [7, 11) is 0. The standard InChI is InChI=1S/C20H21BrN2O2/c1-13-10-23(11-14(2)24-13)12-15-7-8-19-18(9-15)22-20(25-19)16-5-3-4-6-17(16)21/h3-9,13-14H,10-12H2,1-2H3/t13-,14-/m0/s1. The molecule has 1 aliphatic heterocycles. The molecule has 0 N–H and O–H groups in total. The third-order valence-electron chi connectivity index (χ3n) is 4.46. The van der Waals surface area contributed by atoms with E-state index in [1.807, 2.05) is 30.3 Å². The number of oxazole rings is 1. The van der Waals surface area contributed by atoms with Gasteiger partial charge in [0.15, 0.2) is 5.58 Å². The van der Waals surface area contributed by atoms with Crippen LogP contribution in [-0.4, -0.2) is 35.2 Å². The molecule has 5 heteroatoms. The van der Waals surface area contributed by atoms with Gasteiger partial charge in [-0.1, -0.05) is 18.2 Å². The summed E-state index contributed by atoms with van der Waals surface area (Å²) in [6, 6.07) is 14.2. The van der Waals surface area contributed by atoms with E-state index in [0.717, 1.165) is 40.8 Å². The van der Waals surface area contributed by atoms with E-state index >= 15 is 0 Å². The quantitative estimate of drug-likeness (QED) is 0.628. The number of ether oxygens (including phenoxy) is 1. The van der Waals surface area contributed by atoms with Crippen molar-refractivity contribution in [3.8, 4) is 11.5 Å². The molecule has 0 saturated carbocycles. The van der Waals surface area contributed by atoms with Gasteiger partial charge in [-0.05, 0) is 59.6 Å². The number of halogens is 1. The van der Waals surface area contributed by atoms with Crippen LogP contribution in [0.2, 0.25) is 0 Å². The van der Waals surface area contributed by atoms with E-state index in [9.17, 15) is 0 Å². The summed E-state index contributed by atoms with van der Waals surface area (Å²) in [6.45, 7) is 7.10. The number of fused-ring (bicyclic) bond motifs is 1. The molecule has 1 fully saturated rings. The van der Waals surface area contributed by atoms with Gasteiger partial charge >= 0.3 is 0 Å². The fraction of sp³-hybridized carbons (Fsp3) is 0.350. The maximum Gasteiger partial charge on any atom is 0.228 e. The van der Waals surface area contributed by atoms with Gasteiger partial charge in [0.1, 0.15) is 5.52 Å². The van der Waals surface area contributed by atoms with Crippen LogP contribution in [-0.2, 0) is 11.3 Å². The molecule has 2 atom stereocenters. The molecule has 0 amide bonds. The van der Waals surface area contributed by atoms with Gasteiger partial charge in [0, 0.05) is 24.1 Å². The van der Waals surface area contributed by atoms with Crippen LogP contribution in [0.25, 0.3) is 22.6 Å². The second-order valence-corrected chi connectivity index (χ2v) is 7.61. The lowest BCUT2D eigenvalue weighted by Gasteiger charge is -2.35. The SMILES string of the molecule is C[C@H]1CN(Cc2ccc3oc(-c4ccccc4Br)nc3c2)C[C@H](C)O1. The maximum atomic E-state index is 5.94. The van der Waals surface area contributed by atoms with Crippen molar-refractivity contribution in [3.05, 3.63) is 52.5 Å². The summed E-state index contributed by atoms with van der Waals surface area (Å²) in [5, 5.41) is 0. The molecule has 0 bridgehead atoms. The Hall–Kier alpha value is -1.69. The van der Waals surface area contributed by atoms with E-state index in [1.54, 1.807) is 0 Å². The molecule has 2 aromatic carbocycles. The van der Waals surface area contributed by atoms with Gasteiger partial charge in [0.25, 0.3) is 0 Å². The topological polar surface area (TPSA) is 38.5 Å². The molecule has 25 heavy (non-hydrogen) atoms. The minimum atomic E-state index is 0.279. The number of rotatable bonds is 3. The highest BCUT2D eigenvalue weighted by Crippen LogP contribution is 2.30. The number of aromatic nitrogens is 1. The first-order valence-corrected chi connectivity index (χ1v) is 9.40. The van der Waals surface area contributed by atoms with Crippen molar-refractivity contribution < 1.29 is 9.15 Å². The highest BCUT2D eigenvalue weighted by molar-refractivity contribution is 9.10. The zero-order valence-corrected chi connectivity index (χ0v) is 16.0. The van der Waals surface area contributed by atoms with Gasteiger partial charge in [-0.25, -0.2) is 4.98 Å². The second kappa shape index (κ2) is 6.90. The molecular weight excluding hydrogens is 380 g/mol. The van der Waals surface area contributed by atoms with Crippen molar-refractivity contribution >= 4 is 27.0 Å². The van der Waals surface area contributed by atoms with Crippen LogP contribution in [0.1, 0.15) is 19.4 Å². The number of benzene rings is 2. The predicted molar refractivity (Wildman–Crippen MR) is 102 cm³/mol. The van der Waals surface area contributed by atoms with Crippen LogP contribution >= 0.6 is 15.9 Å². The number of morpholine rings is 1. The van der Waals surface area contributed by atoms with E-state index in [0.29, 0.717) is 5.89 Å². The number of nitrogens with zero attached hydrogens (tertiary/aromatic N) is 2. The number of hydrogen-bond acceptors (Lipinski definition) is 4. The monoisotopic (exact) mass is 400 g/mol. The van der Waals surface area contributed by atoms with Gasteiger partial charge < -0.3 is 9.15 Å². The highest BCUT2D eigenvalue weighted by Gasteiger charge is 2.22. The smallest absolute Gasteiger partial charge is 0.228 e.